The Morgan fingerprint density at radius 1 is 1.04 bits per heavy atom. The molecule has 0 aliphatic heterocycles. The molecule has 0 spiro atoms. The molecule has 0 aromatic heterocycles. The molecule has 0 aliphatic rings. The summed E-state index contributed by atoms with van der Waals surface area (Å²) in [5.41, 5.74) is 0.940. The Morgan fingerprint density at radius 2 is 1.68 bits per heavy atom. The molecule has 2 aromatic carbocycles. The SMILES string of the molecule is C=CCNC(=O)c1ccccc1NC(=O)c1ccc(S(=O)(=O)NC(C)C)cc1. The van der Waals surface area contributed by atoms with Gasteiger partial charge in [-0.3, -0.25) is 9.59 Å². The minimum absolute atomic E-state index is 0.0713. The van der Waals surface area contributed by atoms with Gasteiger partial charge in [-0.15, -0.1) is 6.58 Å². The Labute approximate surface area is 164 Å². The van der Waals surface area contributed by atoms with Crippen molar-refractivity contribution in [3.8, 4) is 0 Å². The van der Waals surface area contributed by atoms with E-state index in [1.165, 1.54) is 24.3 Å². The average molecular weight is 401 g/mol. The number of benzene rings is 2. The van der Waals surface area contributed by atoms with Gasteiger partial charge in [-0.05, 0) is 50.2 Å². The first-order chi connectivity index (χ1) is 13.2. The third-order valence-corrected chi connectivity index (χ3v) is 5.32. The van der Waals surface area contributed by atoms with Crippen LogP contribution < -0.4 is 15.4 Å². The third kappa shape index (κ3) is 5.51. The summed E-state index contributed by atoms with van der Waals surface area (Å²) in [4.78, 5) is 24.8. The molecule has 2 rings (SSSR count). The predicted octanol–water partition coefficient (Wildman–Crippen LogP) is 2.54. The normalized spacial score (nSPS) is 11.1. The van der Waals surface area contributed by atoms with Gasteiger partial charge < -0.3 is 10.6 Å². The first-order valence-electron chi connectivity index (χ1n) is 8.66. The summed E-state index contributed by atoms with van der Waals surface area (Å²) in [6.45, 7) is 7.30. The second-order valence-electron chi connectivity index (χ2n) is 6.30. The van der Waals surface area contributed by atoms with E-state index in [0.717, 1.165) is 0 Å². The number of sulfonamides is 1. The standard InChI is InChI=1S/C20H23N3O4S/c1-4-13-21-20(25)17-7-5-6-8-18(17)22-19(24)15-9-11-16(12-10-15)28(26,27)23-14(2)3/h4-12,14,23H,1,13H2,2-3H3,(H,21,25)(H,22,24). The Hall–Kier alpha value is -2.97. The summed E-state index contributed by atoms with van der Waals surface area (Å²) < 4.78 is 26.8. The maximum Gasteiger partial charge on any atom is 0.255 e. The maximum atomic E-state index is 12.5. The van der Waals surface area contributed by atoms with Gasteiger partial charge in [-0.25, -0.2) is 13.1 Å². The number of para-hydroxylation sites is 1. The number of anilines is 1. The highest BCUT2D eigenvalue weighted by molar-refractivity contribution is 7.89. The molecule has 0 unspecified atom stereocenters. The van der Waals surface area contributed by atoms with E-state index in [0.29, 0.717) is 17.8 Å². The van der Waals surface area contributed by atoms with E-state index in [4.69, 9.17) is 0 Å². The van der Waals surface area contributed by atoms with E-state index >= 15 is 0 Å². The van der Waals surface area contributed by atoms with Crippen LogP contribution in [0.5, 0.6) is 0 Å². The van der Waals surface area contributed by atoms with E-state index in [1.807, 2.05) is 0 Å². The van der Waals surface area contributed by atoms with Crippen molar-refractivity contribution in [1.29, 1.82) is 0 Å². The fourth-order valence-corrected chi connectivity index (χ4v) is 3.66. The summed E-state index contributed by atoms with van der Waals surface area (Å²) in [5.74, 6) is -0.790. The second-order valence-corrected chi connectivity index (χ2v) is 8.01. The zero-order chi connectivity index (χ0) is 20.7. The van der Waals surface area contributed by atoms with Crippen molar-refractivity contribution in [2.75, 3.05) is 11.9 Å². The molecule has 0 heterocycles. The number of amides is 2. The third-order valence-electron chi connectivity index (χ3n) is 3.64. The lowest BCUT2D eigenvalue weighted by molar-refractivity contribution is 0.0959. The van der Waals surface area contributed by atoms with Gasteiger partial charge in [0.2, 0.25) is 10.0 Å². The van der Waals surface area contributed by atoms with Crippen LogP contribution in [-0.4, -0.2) is 32.8 Å². The number of hydrogen-bond donors (Lipinski definition) is 3. The summed E-state index contributed by atoms with van der Waals surface area (Å²) in [6.07, 6.45) is 1.56. The first kappa shape index (κ1) is 21.3. The highest BCUT2D eigenvalue weighted by Gasteiger charge is 2.17. The molecule has 3 N–H and O–H groups in total. The largest absolute Gasteiger partial charge is 0.349 e. The monoisotopic (exact) mass is 401 g/mol. The molecule has 148 valence electrons. The highest BCUT2D eigenvalue weighted by atomic mass is 32.2. The molecule has 7 nitrogen and oxygen atoms in total. The summed E-state index contributed by atoms with van der Waals surface area (Å²) in [5, 5.41) is 5.34. The summed E-state index contributed by atoms with van der Waals surface area (Å²) in [7, 11) is -3.63. The summed E-state index contributed by atoms with van der Waals surface area (Å²) in [6, 6.07) is 11.9. The average Bonchev–Trinajstić information content (AvgIpc) is 2.65. The van der Waals surface area contributed by atoms with Gasteiger partial charge in [0.05, 0.1) is 16.1 Å². The van der Waals surface area contributed by atoms with Crippen molar-refractivity contribution in [3.05, 3.63) is 72.3 Å². The van der Waals surface area contributed by atoms with Crippen LogP contribution in [-0.2, 0) is 10.0 Å². The van der Waals surface area contributed by atoms with Crippen molar-refractivity contribution in [2.45, 2.75) is 24.8 Å². The smallest absolute Gasteiger partial charge is 0.255 e. The van der Waals surface area contributed by atoms with Crippen LogP contribution in [0.2, 0.25) is 0 Å². The molecule has 2 amide bonds. The number of carbonyl (C=O) groups excluding carboxylic acids is 2. The van der Waals surface area contributed by atoms with Crippen LogP contribution in [0.3, 0.4) is 0 Å². The highest BCUT2D eigenvalue weighted by Crippen LogP contribution is 2.17. The Balaban J connectivity index is 2.18. The molecule has 0 aliphatic carbocycles. The molecule has 8 heteroatoms. The van der Waals surface area contributed by atoms with E-state index in [2.05, 4.69) is 21.9 Å². The van der Waals surface area contributed by atoms with Crippen LogP contribution in [0.4, 0.5) is 5.69 Å². The molecule has 0 saturated heterocycles. The minimum Gasteiger partial charge on any atom is -0.349 e. The van der Waals surface area contributed by atoms with Crippen molar-refractivity contribution in [1.82, 2.24) is 10.0 Å². The zero-order valence-corrected chi connectivity index (χ0v) is 16.5. The second kappa shape index (κ2) is 9.29. The quantitative estimate of drug-likeness (QED) is 0.591. The van der Waals surface area contributed by atoms with Crippen LogP contribution in [0.1, 0.15) is 34.6 Å². The minimum atomic E-state index is -3.63. The predicted molar refractivity (Wildman–Crippen MR) is 109 cm³/mol. The Bertz CT molecular complexity index is 967. The topological polar surface area (TPSA) is 104 Å². The Morgan fingerprint density at radius 3 is 2.29 bits per heavy atom. The molecular weight excluding hydrogens is 378 g/mol. The number of hydrogen-bond acceptors (Lipinski definition) is 4. The van der Waals surface area contributed by atoms with Crippen LogP contribution in [0.25, 0.3) is 0 Å². The molecule has 0 saturated carbocycles. The first-order valence-corrected chi connectivity index (χ1v) is 10.1. The molecule has 0 radical (unpaired) electrons. The summed E-state index contributed by atoms with van der Waals surface area (Å²) >= 11 is 0. The molecule has 0 bridgehead atoms. The van der Waals surface area contributed by atoms with Crippen molar-refractivity contribution in [3.63, 3.8) is 0 Å². The number of rotatable bonds is 8. The fourth-order valence-electron chi connectivity index (χ4n) is 2.41. The number of nitrogens with one attached hydrogen (secondary N) is 3. The van der Waals surface area contributed by atoms with Crippen molar-refractivity contribution >= 4 is 27.5 Å². The molecule has 0 fully saturated rings. The molecule has 28 heavy (non-hydrogen) atoms. The van der Waals surface area contributed by atoms with E-state index in [-0.39, 0.29) is 22.4 Å². The van der Waals surface area contributed by atoms with E-state index in [9.17, 15) is 18.0 Å². The van der Waals surface area contributed by atoms with Gasteiger partial charge in [0.15, 0.2) is 0 Å². The van der Waals surface area contributed by atoms with Gasteiger partial charge >= 0.3 is 0 Å². The lowest BCUT2D eigenvalue weighted by Gasteiger charge is -2.12. The van der Waals surface area contributed by atoms with Gasteiger partial charge in [0.25, 0.3) is 11.8 Å². The van der Waals surface area contributed by atoms with E-state index < -0.39 is 15.9 Å². The molecule has 0 atom stereocenters. The van der Waals surface area contributed by atoms with Gasteiger partial charge in [-0.2, -0.15) is 0 Å². The van der Waals surface area contributed by atoms with Gasteiger partial charge in [-0.1, -0.05) is 18.2 Å². The number of carbonyl (C=O) groups is 2. The van der Waals surface area contributed by atoms with Gasteiger partial charge in [0, 0.05) is 18.2 Å². The lowest BCUT2D eigenvalue weighted by atomic mass is 10.1. The van der Waals surface area contributed by atoms with Crippen molar-refractivity contribution in [2.24, 2.45) is 0 Å². The zero-order valence-electron chi connectivity index (χ0n) is 15.7. The Kier molecular flexibility index (Phi) is 7.08. The van der Waals surface area contributed by atoms with Crippen LogP contribution >= 0.6 is 0 Å². The van der Waals surface area contributed by atoms with E-state index in [1.54, 1.807) is 44.2 Å². The molecule has 2 aromatic rings. The molecular formula is C20H23N3O4S. The van der Waals surface area contributed by atoms with Crippen molar-refractivity contribution < 1.29 is 18.0 Å². The fraction of sp³-hybridized carbons (Fsp3) is 0.200. The van der Waals surface area contributed by atoms with Crippen LogP contribution in [0.15, 0.2) is 66.1 Å². The van der Waals surface area contributed by atoms with Crippen LogP contribution in [0, 0.1) is 0 Å². The van der Waals surface area contributed by atoms with Gasteiger partial charge in [0.1, 0.15) is 0 Å². The lowest BCUT2D eigenvalue weighted by Crippen LogP contribution is -2.30. The maximum absolute atomic E-state index is 12.5.